The van der Waals surface area contributed by atoms with Crippen molar-refractivity contribution in [1.82, 2.24) is 5.48 Å². The monoisotopic (exact) mass is 299 g/mol. The number of aliphatic imine (C=N–C) groups is 1. The third-order valence-corrected chi connectivity index (χ3v) is 3.16. The van der Waals surface area contributed by atoms with Gasteiger partial charge in [0, 0.05) is 5.56 Å². The van der Waals surface area contributed by atoms with Crippen LogP contribution in [-0.2, 0) is 4.74 Å². The number of nitrogens with two attached hydrogens (primary N) is 1. The highest BCUT2D eigenvalue weighted by molar-refractivity contribution is 6.01. The van der Waals surface area contributed by atoms with E-state index in [4.69, 9.17) is 10.5 Å². The summed E-state index contributed by atoms with van der Waals surface area (Å²) in [5, 5.41) is 9.30. The molecule has 0 aliphatic rings. The average Bonchev–Trinajstić information content (AvgIpc) is 2.54. The van der Waals surface area contributed by atoms with Crippen molar-refractivity contribution in [2.75, 3.05) is 12.8 Å². The van der Waals surface area contributed by atoms with Gasteiger partial charge in [-0.15, -0.1) is 0 Å². The van der Waals surface area contributed by atoms with Crippen molar-refractivity contribution < 1.29 is 14.7 Å². The molecule has 6 heteroatoms. The second-order valence-corrected chi connectivity index (χ2v) is 4.66. The van der Waals surface area contributed by atoms with E-state index in [9.17, 15) is 10.0 Å². The minimum Gasteiger partial charge on any atom is -0.465 e. The zero-order valence-corrected chi connectivity index (χ0v) is 12.3. The number of anilines is 1. The van der Waals surface area contributed by atoms with Crippen molar-refractivity contribution in [3.05, 3.63) is 59.2 Å². The summed E-state index contributed by atoms with van der Waals surface area (Å²) < 4.78 is 4.73. The molecule has 0 aliphatic carbocycles. The highest BCUT2D eigenvalue weighted by Gasteiger charge is 2.13. The fourth-order valence-corrected chi connectivity index (χ4v) is 2.02. The number of hydroxylamine groups is 1. The van der Waals surface area contributed by atoms with Crippen LogP contribution < -0.4 is 11.2 Å². The van der Waals surface area contributed by atoms with Crippen LogP contribution in [0.1, 0.15) is 21.5 Å². The van der Waals surface area contributed by atoms with Crippen molar-refractivity contribution in [1.29, 1.82) is 0 Å². The molecule has 0 spiro atoms. The number of aryl methyl sites for hydroxylation is 1. The number of nitrogen functional groups attached to an aromatic ring is 1. The molecule has 2 rings (SSSR count). The van der Waals surface area contributed by atoms with E-state index in [1.54, 1.807) is 25.1 Å². The summed E-state index contributed by atoms with van der Waals surface area (Å²) >= 11 is 0. The number of hydrogen-bond donors (Lipinski definition) is 3. The number of ether oxygens (including phenoxy) is 1. The molecule has 0 fully saturated rings. The highest BCUT2D eigenvalue weighted by Crippen LogP contribution is 2.27. The zero-order valence-electron chi connectivity index (χ0n) is 12.3. The molecule has 4 N–H and O–H groups in total. The van der Waals surface area contributed by atoms with Crippen LogP contribution in [0.3, 0.4) is 0 Å². The first-order valence-corrected chi connectivity index (χ1v) is 6.59. The second kappa shape index (κ2) is 6.73. The van der Waals surface area contributed by atoms with E-state index in [0.29, 0.717) is 28.1 Å². The molecule has 0 aromatic heterocycles. The molecule has 22 heavy (non-hydrogen) atoms. The maximum atomic E-state index is 11.7. The number of amidine groups is 1. The van der Waals surface area contributed by atoms with Gasteiger partial charge in [0.05, 0.1) is 24.0 Å². The van der Waals surface area contributed by atoms with E-state index in [-0.39, 0.29) is 5.84 Å². The number of hydrogen-bond acceptors (Lipinski definition) is 5. The summed E-state index contributed by atoms with van der Waals surface area (Å²) in [5.74, 6) is -0.237. The van der Waals surface area contributed by atoms with E-state index < -0.39 is 5.97 Å². The Morgan fingerprint density at radius 1 is 1.27 bits per heavy atom. The first-order chi connectivity index (χ1) is 10.6. The van der Waals surface area contributed by atoms with E-state index >= 15 is 0 Å². The quantitative estimate of drug-likeness (QED) is 0.266. The number of carbonyl (C=O) groups excluding carboxylic acids is 1. The summed E-state index contributed by atoms with van der Waals surface area (Å²) in [6, 6.07) is 12.2. The largest absolute Gasteiger partial charge is 0.465 e. The van der Waals surface area contributed by atoms with Gasteiger partial charge in [-0.2, -0.15) is 0 Å². The maximum Gasteiger partial charge on any atom is 0.338 e. The molecule has 6 nitrogen and oxygen atoms in total. The van der Waals surface area contributed by atoms with Crippen LogP contribution in [0.4, 0.5) is 11.4 Å². The Hall–Kier alpha value is -2.86. The predicted molar refractivity (Wildman–Crippen MR) is 84.5 cm³/mol. The van der Waals surface area contributed by atoms with Crippen LogP contribution in [0.2, 0.25) is 0 Å². The number of methoxy groups -OCH3 is 1. The lowest BCUT2D eigenvalue weighted by Crippen LogP contribution is -2.20. The third-order valence-electron chi connectivity index (χ3n) is 3.16. The molecule has 0 saturated heterocycles. The second-order valence-electron chi connectivity index (χ2n) is 4.66. The lowest BCUT2D eigenvalue weighted by atomic mass is 10.1. The van der Waals surface area contributed by atoms with E-state index in [2.05, 4.69) is 4.99 Å². The van der Waals surface area contributed by atoms with Gasteiger partial charge in [-0.25, -0.2) is 9.79 Å². The van der Waals surface area contributed by atoms with Crippen LogP contribution in [0.15, 0.2) is 47.5 Å². The van der Waals surface area contributed by atoms with Crippen LogP contribution in [0.25, 0.3) is 0 Å². The highest BCUT2D eigenvalue weighted by atomic mass is 16.5. The van der Waals surface area contributed by atoms with E-state index in [1.807, 2.05) is 23.7 Å². The Kier molecular flexibility index (Phi) is 4.75. The Labute approximate surface area is 128 Å². The normalized spacial score (nSPS) is 11.1. The predicted octanol–water partition coefficient (Wildman–Crippen LogP) is 2.42. The first kappa shape index (κ1) is 15.5. The number of nitrogens with one attached hydrogen (secondary N) is 1. The zero-order chi connectivity index (χ0) is 16.1. The summed E-state index contributed by atoms with van der Waals surface area (Å²) in [4.78, 5) is 16.0. The molecule has 0 atom stereocenters. The van der Waals surface area contributed by atoms with E-state index in [1.165, 1.54) is 13.2 Å². The fourth-order valence-electron chi connectivity index (χ4n) is 2.02. The molecular formula is C16H17N3O3. The Balaban J connectivity index is 2.51. The Morgan fingerprint density at radius 3 is 2.55 bits per heavy atom. The van der Waals surface area contributed by atoms with Gasteiger partial charge >= 0.3 is 5.97 Å². The van der Waals surface area contributed by atoms with Gasteiger partial charge in [-0.3, -0.25) is 10.7 Å². The molecule has 0 saturated carbocycles. The molecule has 0 aliphatic heterocycles. The van der Waals surface area contributed by atoms with Gasteiger partial charge in [-0.1, -0.05) is 30.3 Å². The summed E-state index contributed by atoms with van der Waals surface area (Å²) in [5.41, 5.74) is 10.5. The molecule has 0 amide bonds. The van der Waals surface area contributed by atoms with Crippen LogP contribution in [0.5, 0.6) is 0 Å². The van der Waals surface area contributed by atoms with Crippen LogP contribution in [-0.4, -0.2) is 24.1 Å². The van der Waals surface area contributed by atoms with Gasteiger partial charge in [0.15, 0.2) is 5.84 Å². The van der Waals surface area contributed by atoms with Gasteiger partial charge in [0.1, 0.15) is 0 Å². The maximum absolute atomic E-state index is 11.7. The van der Waals surface area contributed by atoms with Gasteiger partial charge in [0.25, 0.3) is 0 Å². The fraction of sp³-hybridized carbons (Fsp3) is 0.125. The van der Waals surface area contributed by atoms with Crippen LogP contribution in [0, 0.1) is 6.92 Å². The van der Waals surface area contributed by atoms with Gasteiger partial charge in [0.2, 0.25) is 0 Å². The lowest BCUT2D eigenvalue weighted by molar-refractivity contribution is 0.0600. The van der Waals surface area contributed by atoms with Gasteiger partial charge < -0.3 is 10.5 Å². The van der Waals surface area contributed by atoms with Crippen molar-refractivity contribution in [2.45, 2.75) is 6.92 Å². The molecular weight excluding hydrogens is 282 g/mol. The molecule has 114 valence electrons. The minimum atomic E-state index is -0.466. The Morgan fingerprint density at radius 2 is 1.95 bits per heavy atom. The summed E-state index contributed by atoms with van der Waals surface area (Å²) in [6.45, 7) is 1.76. The van der Waals surface area contributed by atoms with Gasteiger partial charge in [-0.05, 0) is 24.6 Å². The third kappa shape index (κ3) is 3.24. The minimum absolute atomic E-state index is 0.229. The van der Waals surface area contributed by atoms with Crippen molar-refractivity contribution in [3.8, 4) is 0 Å². The molecule has 0 radical (unpaired) electrons. The topological polar surface area (TPSA) is 96.9 Å². The molecule has 0 heterocycles. The van der Waals surface area contributed by atoms with Crippen molar-refractivity contribution >= 4 is 23.2 Å². The molecule has 2 aromatic carbocycles. The van der Waals surface area contributed by atoms with Crippen molar-refractivity contribution in [3.63, 3.8) is 0 Å². The molecule has 2 aromatic rings. The number of benzene rings is 2. The smallest absolute Gasteiger partial charge is 0.338 e. The molecule has 0 unspecified atom stereocenters. The number of esters is 1. The SMILES string of the molecule is COC(=O)c1cc(N=C(NO)c2ccccc2)c(N)cc1C. The lowest BCUT2D eigenvalue weighted by Gasteiger charge is -2.10. The summed E-state index contributed by atoms with van der Waals surface area (Å²) in [7, 11) is 1.31. The summed E-state index contributed by atoms with van der Waals surface area (Å²) in [6.07, 6.45) is 0. The molecule has 0 bridgehead atoms. The standard InChI is InChI=1S/C16H17N3O3/c1-10-8-13(17)14(9-12(10)16(20)22-2)18-15(19-21)11-6-4-3-5-7-11/h3-9,21H,17H2,1-2H3,(H,18,19). The van der Waals surface area contributed by atoms with Crippen molar-refractivity contribution in [2.24, 2.45) is 4.99 Å². The number of rotatable bonds is 3. The van der Waals surface area contributed by atoms with E-state index in [0.717, 1.165) is 0 Å². The first-order valence-electron chi connectivity index (χ1n) is 6.59. The number of nitrogens with zero attached hydrogens (tertiary/aromatic N) is 1. The Bertz CT molecular complexity index is 712. The number of carbonyl (C=O) groups is 1. The average molecular weight is 299 g/mol. The van der Waals surface area contributed by atoms with Crippen LogP contribution >= 0.6 is 0 Å².